The third-order valence-corrected chi connectivity index (χ3v) is 2.54. The Morgan fingerprint density at radius 2 is 2.27 bits per heavy atom. The van der Waals surface area contributed by atoms with Gasteiger partial charge in [-0.3, -0.25) is 0 Å². The van der Waals surface area contributed by atoms with Gasteiger partial charge in [0.2, 0.25) is 0 Å². The fraction of sp³-hybridized carbons (Fsp3) is 0.333. The first-order valence-corrected chi connectivity index (χ1v) is 5.44. The second kappa shape index (κ2) is 5.76. The van der Waals surface area contributed by atoms with Crippen molar-refractivity contribution in [2.24, 2.45) is 0 Å². The van der Waals surface area contributed by atoms with E-state index in [0.717, 1.165) is 17.8 Å². The lowest BCUT2D eigenvalue weighted by molar-refractivity contribution is 0.627. The number of benzene rings is 1. The van der Waals surface area contributed by atoms with Gasteiger partial charge in [0.25, 0.3) is 0 Å². The van der Waals surface area contributed by atoms with E-state index in [2.05, 4.69) is 6.58 Å². The lowest BCUT2D eigenvalue weighted by atomic mass is 10.2. The maximum Gasteiger partial charge on any atom is 0.125 e. The summed E-state index contributed by atoms with van der Waals surface area (Å²) in [5.41, 5.74) is 1.80. The van der Waals surface area contributed by atoms with E-state index in [0.29, 0.717) is 12.4 Å². The standard InChI is InChI=1S/C12H15ClFN/c1-3-15(9-10(2)8-13)12-6-4-5-11(14)7-12/h4-7H,2-3,8-9H2,1H3. The molecule has 0 saturated carbocycles. The number of alkyl halides is 1. The first kappa shape index (κ1) is 12.1. The molecule has 82 valence electrons. The van der Waals surface area contributed by atoms with Crippen molar-refractivity contribution in [2.45, 2.75) is 6.92 Å². The number of likely N-dealkylation sites (N-methyl/N-ethyl adjacent to an activating group) is 1. The third kappa shape index (κ3) is 3.56. The summed E-state index contributed by atoms with van der Waals surface area (Å²) >= 11 is 5.67. The van der Waals surface area contributed by atoms with Gasteiger partial charge in [-0.1, -0.05) is 12.6 Å². The fourth-order valence-electron chi connectivity index (χ4n) is 1.37. The minimum Gasteiger partial charge on any atom is -0.368 e. The number of halogens is 2. The monoisotopic (exact) mass is 227 g/mol. The molecule has 1 aromatic carbocycles. The molecule has 0 bridgehead atoms. The van der Waals surface area contributed by atoms with E-state index < -0.39 is 0 Å². The van der Waals surface area contributed by atoms with Gasteiger partial charge in [0.05, 0.1) is 0 Å². The highest BCUT2D eigenvalue weighted by Crippen LogP contribution is 2.16. The smallest absolute Gasteiger partial charge is 0.125 e. The van der Waals surface area contributed by atoms with Crippen molar-refractivity contribution >= 4 is 17.3 Å². The summed E-state index contributed by atoms with van der Waals surface area (Å²) in [6.45, 7) is 7.34. The van der Waals surface area contributed by atoms with Gasteiger partial charge < -0.3 is 4.90 Å². The number of hydrogen-bond donors (Lipinski definition) is 0. The van der Waals surface area contributed by atoms with Crippen LogP contribution in [0.4, 0.5) is 10.1 Å². The Morgan fingerprint density at radius 3 is 2.80 bits per heavy atom. The molecular formula is C12H15ClFN. The lowest BCUT2D eigenvalue weighted by Gasteiger charge is -2.23. The number of hydrogen-bond acceptors (Lipinski definition) is 1. The summed E-state index contributed by atoms with van der Waals surface area (Å²) in [5.74, 6) is 0.216. The molecule has 1 rings (SSSR count). The van der Waals surface area contributed by atoms with E-state index in [-0.39, 0.29) is 5.82 Å². The van der Waals surface area contributed by atoms with E-state index in [1.807, 2.05) is 17.9 Å². The van der Waals surface area contributed by atoms with Crippen molar-refractivity contribution in [3.63, 3.8) is 0 Å². The predicted octanol–water partition coefficient (Wildman–Crippen LogP) is 3.45. The fourth-order valence-corrected chi connectivity index (χ4v) is 1.46. The maximum absolute atomic E-state index is 13.0. The van der Waals surface area contributed by atoms with Gasteiger partial charge in [0, 0.05) is 24.7 Å². The number of anilines is 1. The highest BCUT2D eigenvalue weighted by molar-refractivity contribution is 6.19. The molecule has 0 N–H and O–H groups in total. The van der Waals surface area contributed by atoms with E-state index in [1.165, 1.54) is 12.1 Å². The molecule has 0 saturated heterocycles. The number of nitrogens with zero attached hydrogens (tertiary/aromatic N) is 1. The zero-order chi connectivity index (χ0) is 11.3. The second-order valence-corrected chi connectivity index (χ2v) is 3.64. The lowest BCUT2D eigenvalue weighted by Crippen LogP contribution is -2.25. The molecule has 0 aliphatic carbocycles. The van der Waals surface area contributed by atoms with Gasteiger partial charge in [-0.15, -0.1) is 11.6 Å². The average Bonchev–Trinajstić information content (AvgIpc) is 2.25. The molecule has 15 heavy (non-hydrogen) atoms. The Morgan fingerprint density at radius 1 is 1.53 bits per heavy atom. The molecule has 0 unspecified atom stereocenters. The molecule has 0 heterocycles. The van der Waals surface area contributed by atoms with Crippen LogP contribution in [-0.2, 0) is 0 Å². The van der Waals surface area contributed by atoms with Crippen molar-refractivity contribution in [3.8, 4) is 0 Å². The Kier molecular flexibility index (Phi) is 4.63. The SMILES string of the molecule is C=C(CCl)CN(CC)c1cccc(F)c1. The maximum atomic E-state index is 13.0. The molecule has 0 spiro atoms. The van der Waals surface area contributed by atoms with Crippen LogP contribution in [-0.4, -0.2) is 19.0 Å². The van der Waals surface area contributed by atoms with E-state index in [1.54, 1.807) is 6.07 Å². The first-order chi connectivity index (χ1) is 7.17. The van der Waals surface area contributed by atoms with Crippen molar-refractivity contribution < 1.29 is 4.39 Å². The molecule has 3 heteroatoms. The quantitative estimate of drug-likeness (QED) is 0.550. The molecule has 0 atom stereocenters. The van der Waals surface area contributed by atoms with Crippen LogP contribution in [0.3, 0.4) is 0 Å². The molecule has 0 amide bonds. The van der Waals surface area contributed by atoms with Gasteiger partial charge in [0.1, 0.15) is 5.82 Å². The van der Waals surface area contributed by atoms with Crippen LogP contribution >= 0.6 is 11.6 Å². The molecule has 0 aliphatic heterocycles. The van der Waals surface area contributed by atoms with Gasteiger partial charge in [0.15, 0.2) is 0 Å². The van der Waals surface area contributed by atoms with E-state index in [9.17, 15) is 4.39 Å². The summed E-state index contributed by atoms with van der Waals surface area (Å²) in [5, 5.41) is 0. The van der Waals surface area contributed by atoms with Gasteiger partial charge in [-0.2, -0.15) is 0 Å². The summed E-state index contributed by atoms with van der Waals surface area (Å²) in [6, 6.07) is 6.55. The Bertz CT molecular complexity index is 338. The summed E-state index contributed by atoms with van der Waals surface area (Å²) in [7, 11) is 0. The van der Waals surface area contributed by atoms with Crippen LogP contribution in [0.2, 0.25) is 0 Å². The van der Waals surface area contributed by atoms with Gasteiger partial charge in [-0.25, -0.2) is 4.39 Å². The Hall–Kier alpha value is -1.02. The first-order valence-electron chi connectivity index (χ1n) is 4.90. The van der Waals surface area contributed by atoms with Crippen molar-refractivity contribution in [3.05, 3.63) is 42.2 Å². The Labute approximate surface area is 95.2 Å². The number of rotatable bonds is 5. The average molecular weight is 228 g/mol. The zero-order valence-electron chi connectivity index (χ0n) is 8.84. The molecule has 0 aromatic heterocycles. The van der Waals surface area contributed by atoms with Crippen LogP contribution in [0.5, 0.6) is 0 Å². The van der Waals surface area contributed by atoms with Crippen LogP contribution in [0.15, 0.2) is 36.4 Å². The molecule has 1 aromatic rings. The minimum atomic E-state index is -0.220. The minimum absolute atomic E-state index is 0.220. The van der Waals surface area contributed by atoms with Crippen molar-refractivity contribution in [2.75, 3.05) is 23.9 Å². The molecular weight excluding hydrogens is 213 g/mol. The molecule has 0 aliphatic rings. The topological polar surface area (TPSA) is 3.24 Å². The highest BCUT2D eigenvalue weighted by atomic mass is 35.5. The summed E-state index contributed by atoms with van der Waals surface area (Å²) in [4.78, 5) is 2.04. The van der Waals surface area contributed by atoms with Crippen LogP contribution in [0, 0.1) is 5.82 Å². The van der Waals surface area contributed by atoms with E-state index >= 15 is 0 Å². The Balaban J connectivity index is 2.78. The molecule has 0 radical (unpaired) electrons. The predicted molar refractivity (Wildman–Crippen MR) is 64.1 cm³/mol. The largest absolute Gasteiger partial charge is 0.368 e. The summed E-state index contributed by atoms with van der Waals surface area (Å²) < 4.78 is 13.0. The highest BCUT2D eigenvalue weighted by Gasteiger charge is 2.06. The second-order valence-electron chi connectivity index (χ2n) is 3.38. The van der Waals surface area contributed by atoms with Crippen LogP contribution < -0.4 is 4.90 Å². The van der Waals surface area contributed by atoms with Crippen LogP contribution in [0.1, 0.15) is 6.92 Å². The van der Waals surface area contributed by atoms with Crippen molar-refractivity contribution in [1.82, 2.24) is 0 Å². The molecule has 1 nitrogen and oxygen atoms in total. The zero-order valence-corrected chi connectivity index (χ0v) is 9.60. The van der Waals surface area contributed by atoms with Crippen molar-refractivity contribution in [1.29, 1.82) is 0 Å². The van der Waals surface area contributed by atoms with Crippen LogP contribution in [0.25, 0.3) is 0 Å². The van der Waals surface area contributed by atoms with Gasteiger partial charge in [-0.05, 0) is 30.7 Å². The normalized spacial score (nSPS) is 10.1. The summed E-state index contributed by atoms with van der Waals surface area (Å²) in [6.07, 6.45) is 0. The van der Waals surface area contributed by atoms with Gasteiger partial charge >= 0.3 is 0 Å². The van der Waals surface area contributed by atoms with E-state index in [4.69, 9.17) is 11.6 Å². The third-order valence-electron chi connectivity index (χ3n) is 2.16. The molecule has 0 fully saturated rings.